The van der Waals surface area contributed by atoms with Crippen LogP contribution in [0.3, 0.4) is 0 Å². The summed E-state index contributed by atoms with van der Waals surface area (Å²) in [5, 5.41) is 14.1. The Hall–Kier alpha value is -2.88. The fourth-order valence-corrected chi connectivity index (χ4v) is 2.03. The predicted molar refractivity (Wildman–Crippen MR) is 79.4 cm³/mol. The normalized spacial score (nSPS) is 11.0. The number of rotatable bonds is 3. The Morgan fingerprint density at radius 3 is 2.35 bits per heavy atom. The van der Waals surface area contributed by atoms with Crippen molar-refractivity contribution in [3.8, 4) is 0 Å². The van der Waals surface area contributed by atoms with Crippen molar-refractivity contribution in [1.82, 2.24) is 0 Å². The third kappa shape index (κ3) is 2.44. The molecule has 0 radical (unpaired) electrons. The highest BCUT2D eigenvalue weighted by atomic mass is 15.1. The predicted octanol–water partition coefficient (Wildman–Crippen LogP) is 5.92. The molecular formula is C16H12N4. The van der Waals surface area contributed by atoms with Gasteiger partial charge in [0.1, 0.15) is 0 Å². The van der Waals surface area contributed by atoms with Gasteiger partial charge in [-0.15, -0.1) is 5.11 Å². The average Bonchev–Trinajstić information content (AvgIpc) is 2.53. The van der Waals surface area contributed by atoms with Crippen molar-refractivity contribution in [3.05, 3.63) is 66.7 Å². The highest BCUT2D eigenvalue weighted by Crippen LogP contribution is 2.28. The van der Waals surface area contributed by atoms with Crippen LogP contribution in [0.2, 0.25) is 0 Å². The molecule has 0 aliphatic rings. The fraction of sp³-hybridized carbons (Fsp3) is 0. The average molecular weight is 260 g/mol. The van der Waals surface area contributed by atoms with E-state index in [0.29, 0.717) is 11.4 Å². The minimum atomic E-state index is 0.569. The van der Waals surface area contributed by atoms with E-state index in [0.717, 1.165) is 16.5 Å². The van der Waals surface area contributed by atoms with Crippen molar-refractivity contribution in [2.24, 2.45) is 15.3 Å². The van der Waals surface area contributed by atoms with Gasteiger partial charge >= 0.3 is 0 Å². The van der Waals surface area contributed by atoms with E-state index < -0.39 is 0 Å². The topological polar surface area (TPSA) is 60.9 Å². The van der Waals surface area contributed by atoms with Gasteiger partial charge < -0.3 is 0 Å². The van der Waals surface area contributed by atoms with E-state index in [1.807, 2.05) is 54.6 Å². The number of fused-ring (bicyclic) bond motifs is 1. The quantitative estimate of drug-likeness (QED) is 0.568. The molecule has 96 valence electrons. The first-order chi connectivity index (χ1) is 9.86. The van der Waals surface area contributed by atoms with Crippen LogP contribution in [0.4, 0.5) is 17.1 Å². The minimum Gasteiger partial charge on any atom is -0.204 e. The summed E-state index contributed by atoms with van der Waals surface area (Å²) in [4.78, 5) is 0. The first-order valence-corrected chi connectivity index (χ1v) is 6.24. The van der Waals surface area contributed by atoms with Gasteiger partial charge in [0.05, 0.1) is 17.1 Å². The molecule has 4 nitrogen and oxygen atoms in total. The zero-order valence-electron chi connectivity index (χ0n) is 10.7. The highest BCUT2D eigenvalue weighted by Gasteiger charge is 1.98. The maximum Gasteiger partial charge on any atom is 0.0935 e. The molecule has 3 aromatic carbocycles. The van der Waals surface area contributed by atoms with Gasteiger partial charge in [0.2, 0.25) is 0 Å². The van der Waals surface area contributed by atoms with Crippen molar-refractivity contribution >= 4 is 27.8 Å². The lowest BCUT2D eigenvalue weighted by Crippen LogP contribution is -1.72. The first kappa shape index (κ1) is 12.2. The number of azo groups is 1. The molecule has 1 N–H and O–H groups in total. The lowest BCUT2D eigenvalue weighted by molar-refractivity contribution is 1.14. The van der Waals surface area contributed by atoms with E-state index in [9.17, 15) is 0 Å². The summed E-state index contributed by atoms with van der Waals surface area (Å²) in [7, 11) is 0. The van der Waals surface area contributed by atoms with Crippen LogP contribution in [0.5, 0.6) is 0 Å². The molecule has 0 aliphatic heterocycles. The van der Waals surface area contributed by atoms with E-state index >= 15 is 0 Å². The molecule has 0 atom stereocenters. The third-order valence-corrected chi connectivity index (χ3v) is 3.00. The highest BCUT2D eigenvalue weighted by molar-refractivity contribution is 5.92. The molecule has 4 heteroatoms. The van der Waals surface area contributed by atoms with Crippen LogP contribution in [0.15, 0.2) is 82.1 Å². The van der Waals surface area contributed by atoms with Gasteiger partial charge in [-0.05, 0) is 29.7 Å². The molecule has 3 rings (SSSR count). The molecule has 0 amide bonds. The smallest absolute Gasteiger partial charge is 0.0935 e. The molecule has 0 bridgehead atoms. The van der Waals surface area contributed by atoms with Crippen LogP contribution < -0.4 is 0 Å². The molecule has 3 aromatic rings. The lowest BCUT2D eigenvalue weighted by atomic mass is 10.1. The number of nitrogens with one attached hydrogen (secondary N) is 1. The van der Waals surface area contributed by atoms with Crippen molar-refractivity contribution in [2.75, 3.05) is 0 Å². The van der Waals surface area contributed by atoms with E-state index in [-0.39, 0.29) is 0 Å². The van der Waals surface area contributed by atoms with Gasteiger partial charge in [-0.3, -0.25) is 0 Å². The maximum atomic E-state index is 7.00. The summed E-state index contributed by atoms with van der Waals surface area (Å²) in [6.45, 7) is 0. The number of nitrogens with zero attached hydrogens (tertiary/aromatic N) is 3. The molecule has 20 heavy (non-hydrogen) atoms. The second-order valence-electron chi connectivity index (χ2n) is 4.33. The van der Waals surface area contributed by atoms with Crippen LogP contribution in [0.25, 0.3) is 10.8 Å². The molecule has 0 aliphatic carbocycles. The van der Waals surface area contributed by atoms with Crippen molar-refractivity contribution in [3.63, 3.8) is 0 Å². The SMILES string of the molecule is N=Nc1cccc(N=Nc2cccc3ccccc23)c1. The third-order valence-electron chi connectivity index (χ3n) is 3.00. The number of hydrogen-bond acceptors (Lipinski definition) is 4. The first-order valence-electron chi connectivity index (χ1n) is 6.24. The number of hydrogen-bond donors (Lipinski definition) is 1. The summed E-state index contributed by atoms with van der Waals surface area (Å²) in [5.41, 5.74) is 9.08. The summed E-state index contributed by atoms with van der Waals surface area (Å²) in [6, 6.07) is 21.1. The van der Waals surface area contributed by atoms with Crippen molar-refractivity contribution in [2.45, 2.75) is 0 Å². The van der Waals surface area contributed by atoms with Gasteiger partial charge in [-0.2, -0.15) is 10.2 Å². The largest absolute Gasteiger partial charge is 0.204 e. The molecule has 0 fully saturated rings. The van der Waals surface area contributed by atoms with Crippen LogP contribution in [-0.2, 0) is 0 Å². The molecule has 0 aromatic heterocycles. The second-order valence-corrected chi connectivity index (χ2v) is 4.33. The van der Waals surface area contributed by atoms with Crippen LogP contribution in [-0.4, -0.2) is 0 Å². The summed E-state index contributed by atoms with van der Waals surface area (Å²) >= 11 is 0. The van der Waals surface area contributed by atoms with E-state index in [1.54, 1.807) is 12.1 Å². The lowest BCUT2D eigenvalue weighted by Gasteiger charge is -2.00. The Morgan fingerprint density at radius 2 is 1.45 bits per heavy atom. The zero-order chi connectivity index (χ0) is 13.8. The monoisotopic (exact) mass is 260 g/mol. The van der Waals surface area contributed by atoms with Gasteiger partial charge in [-0.1, -0.05) is 42.5 Å². The Labute approximate surface area is 116 Å². The molecule has 0 spiro atoms. The number of benzene rings is 3. The van der Waals surface area contributed by atoms with E-state index in [4.69, 9.17) is 5.53 Å². The van der Waals surface area contributed by atoms with E-state index in [2.05, 4.69) is 15.3 Å². The van der Waals surface area contributed by atoms with Gasteiger partial charge in [0.25, 0.3) is 0 Å². The summed E-state index contributed by atoms with van der Waals surface area (Å²) in [5.74, 6) is 0. The zero-order valence-corrected chi connectivity index (χ0v) is 10.7. The summed E-state index contributed by atoms with van der Waals surface area (Å²) in [6.07, 6.45) is 0. The van der Waals surface area contributed by atoms with Crippen LogP contribution >= 0.6 is 0 Å². The molecule has 0 saturated heterocycles. The molecule has 0 heterocycles. The van der Waals surface area contributed by atoms with Crippen LogP contribution in [0, 0.1) is 5.53 Å². The Morgan fingerprint density at radius 1 is 0.700 bits per heavy atom. The fourth-order valence-electron chi connectivity index (χ4n) is 2.03. The van der Waals surface area contributed by atoms with Gasteiger partial charge in [0.15, 0.2) is 0 Å². The van der Waals surface area contributed by atoms with E-state index in [1.165, 1.54) is 0 Å². The standard InChI is InChI=1S/C16H12N4/c17-18-13-7-4-8-14(11-13)19-20-16-10-3-6-12-5-1-2-9-15(12)16/h1-11,17H. The summed E-state index contributed by atoms with van der Waals surface area (Å²) < 4.78 is 0. The Kier molecular flexibility index (Phi) is 3.29. The molecule has 0 saturated carbocycles. The van der Waals surface area contributed by atoms with Gasteiger partial charge in [-0.25, -0.2) is 5.53 Å². The minimum absolute atomic E-state index is 0.569. The molecule has 0 unspecified atom stereocenters. The Bertz CT molecular complexity index is 788. The van der Waals surface area contributed by atoms with Crippen LogP contribution in [0.1, 0.15) is 0 Å². The second kappa shape index (κ2) is 5.40. The van der Waals surface area contributed by atoms with Crippen molar-refractivity contribution < 1.29 is 0 Å². The maximum absolute atomic E-state index is 7.00. The van der Waals surface area contributed by atoms with Gasteiger partial charge in [0, 0.05) is 5.39 Å². The Balaban J connectivity index is 2.00. The molecular weight excluding hydrogens is 248 g/mol. The van der Waals surface area contributed by atoms with Crippen molar-refractivity contribution in [1.29, 1.82) is 5.53 Å².